The van der Waals surface area contributed by atoms with Crippen LogP contribution >= 0.6 is 0 Å². The molecule has 1 aliphatic carbocycles. The molecule has 1 atom stereocenters. The van der Waals surface area contributed by atoms with E-state index < -0.39 is 0 Å². The Balaban J connectivity index is 1.35. The van der Waals surface area contributed by atoms with Crippen molar-refractivity contribution < 1.29 is 14.1 Å². The van der Waals surface area contributed by atoms with E-state index >= 15 is 0 Å². The average Bonchev–Trinajstić information content (AvgIpc) is 3.35. The Labute approximate surface area is 143 Å². The van der Waals surface area contributed by atoms with Gasteiger partial charge in [0, 0.05) is 44.7 Å². The Morgan fingerprint density at radius 2 is 2.21 bits per heavy atom. The van der Waals surface area contributed by atoms with E-state index in [4.69, 9.17) is 9.26 Å². The fourth-order valence-electron chi connectivity index (χ4n) is 3.00. The van der Waals surface area contributed by atoms with Crippen LogP contribution in [0.1, 0.15) is 43.6 Å². The van der Waals surface area contributed by atoms with Crippen molar-refractivity contribution in [3.8, 4) is 0 Å². The SMILES string of the molecule is C[C@@H](CCNC(=O)N(C)Cc1cc(C2CC2)on1)N1CCOCC1. The zero-order chi connectivity index (χ0) is 16.9. The summed E-state index contributed by atoms with van der Waals surface area (Å²) in [6.45, 7) is 6.92. The van der Waals surface area contributed by atoms with E-state index in [1.807, 2.05) is 6.07 Å². The van der Waals surface area contributed by atoms with Gasteiger partial charge in [-0.05, 0) is 26.2 Å². The van der Waals surface area contributed by atoms with E-state index in [1.165, 1.54) is 12.8 Å². The monoisotopic (exact) mass is 336 g/mol. The van der Waals surface area contributed by atoms with Gasteiger partial charge in [0.05, 0.1) is 19.8 Å². The molecule has 2 heterocycles. The third kappa shape index (κ3) is 4.70. The fourth-order valence-corrected chi connectivity index (χ4v) is 3.00. The topological polar surface area (TPSA) is 70.8 Å². The van der Waals surface area contributed by atoms with Gasteiger partial charge in [-0.3, -0.25) is 4.90 Å². The number of aromatic nitrogens is 1. The summed E-state index contributed by atoms with van der Waals surface area (Å²) in [5.41, 5.74) is 0.816. The summed E-state index contributed by atoms with van der Waals surface area (Å²) in [4.78, 5) is 16.2. The number of nitrogens with one attached hydrogen (secondary N) is 1. The molecular weight excluding hydrogens is 308 g/mol. The van der Waals surface area contributed by atoms with E-state index in [0.29, 0.717) is 25.0 Å². The van der Waals surface area contributed by atoms with Crippen LogP contribution in [0.5, 0.6) is 0 Å². The molecule has 2 fully saturated rings. The summed E-state index contributed by atoms with van der Waals surface area (Å²) in [7, 11) is 1.78. The van der Waals surface area contributed by atoms with Crippen LogP contribution in [0, 0.1) is 0 Å². The first kappa shape index (κ1) is 17.2. The molecule has 7 nitrogen and oxygen atoms in total. The predicted molar refractivity (Wildman–Crippen MR) is 89.8 cm³/mol. The van der Waals surface area contributed by atoms with Gasteiger partial charge in [0.15, 0.2) is 0 Å². The highest BCUT2D eigenvalue weighted by Gasteiger charge is 2.28. The van der Waals surface area contributed by atoms with Crippen LogP contribution in [-0.2, 0) is 11.3 Å². The van der Waals surface area contributed by atoms with Gasteiger partial charge in [0.25, 0.3) is 0 Å². The second-order valence-corrected chi connectivity index (χ2v) is 6.87. The molecule has 2 aliphatic rings. The van der Waals surface area contributed by atoms with Gasteiger partial charge in [0.2, 0.25) is 0 Å². The van der Waals surface area contributed by atoms with Gasteiger partial charge in [0.1, 0.15) is 11.5 Å². The molecule has 1 saturated carbocycles. The Morgan fingerprint density at radius 3 is 2.92 bits per heavy atom. The Kier molecular flexibility index (Phi) is 5.73. The van der Waals surface area contributed by atoms with Crippen LogP contribution in [0.2, 0.25) is 0 Å². The Morgan fingerprint density at radius 1 is 1.46 bits per heavy atom. The van der Waals surface area contributed by atoms with Gasteiger partial charge in [-0.1, -0.05) is 5.16 Å². The first-order valence-electron chi connectivity index (χ1n) is 8.89. The van der Waals surface area contributed by atoms with Crippen molar-refractivity contribution in [1.82, 2.24) is 20.3 Å². The lowest BCUT2D eigenvalue weighted by molar-refractivity contribution is 0.0188. The molecule has 24 heavy (non-hydrogen) atoms. The van der Waals surface area contributed by atoms with Gasteiger partial charge in [-0.15, -0.1) is 0 Å². The van der Waals surface area contributed by atoms with Crippen molar-refractivity contribution in [2.45, 2.75) is 44.7 Å². The highest BCUT2D eigenvalue weighted by molar-refractivity contribution is 5.73. The van der Waals surface area contributed by atoms with Crippen molar-refractivity contribution in [2.75, 3.05) is 39.9 Å². The molecule has 2 amide bonds. The Bertz CT molecular complexity index is 538. The summed E-state index contributed by atoms with van der Waals surface area (Å²) in [5.74, 6) is 1.50. The lowest BCUT2D eigenvalue weighted by atomic mass is 10.2. The van der Waals surface area contributed by atoms with Gasteiger partial charge >= 0.3 is 6.03 Å². The number of morpholine rings is 1. The number of nitrogens with zero attached hydrogens (tertiary/aromatic N) is 3. The summed E-state index contributed by atoms with van der Waals surface area (Å²) in [6.07, 6.45) is 3.31. The van der Waals surface area contributed by atoms with E-state index in [1.54, 1.807) is 11.9 Å². The molecule has 1 N–H and O–H groups in total. The standard InChI is InChI=1S/C17H28N4O3/c1-13(21-7-9-23-10-8-21)5-6-18-17(22)20(2)12-15-11-16(24-19-15)14-3-4-14/h11,13-14H,3-10,12H2,1-2H3,(H,18,22)/t13-/m0/s1. The first-order chi connectivity index (χ1) is 11.6. The summed E-state index contributed by atoms with van der Waals surface area (Å²) in [5, 5.41) is 7.04. The second kappa shape index (κ2) is 7.98. The molecule has 1 saturated heterocycles. The molecule has 0 aromatic carbocycles. The maximum absolute atomic E-state index is 12.2. The lowest BCUT2D eigenvalue weighted by Crippen LogP contribution is -2.44. The number of hydrogen-bond acceptors (Lipinski definition) is 5. The minimum Gasteiger partial charge on any atom is -0.379 e. The normalized spacial score (nSPS) is 19.9. The van der Waals surface area contributed by atoms with E-state index in [0.717, 1.165) is 44.2 Å². The second-order valence-electron chi connectivity index (χ2n) is 6.87. The Hall–Kier alpha value is -1.60. The van der Waals surface area contributed by atoms with Crippen molar-refractivity contribution in [3.63, 3.8) is 0 Å². The number of ether oxygens (including phenoxy) is 1. The van der Waals surface area contributed by atoms with Gasteiger partial charge in [-0.25, -0.2) is 4.79 Å². The molecule has 1 aromatic rings. The number of urea groups is 1. The van der Waals surface area contributed by atoms with Crippen molar-refractivity contribution in [1.29, 1.82) is 0 Å². The third-order valence-electron chi connectivity index (χ3n) is 4.81. The number of hydrogen-bond donors (Lipinski definition) is 1. The minimum absolute atomic E-state index is 0.0693. The van der Waals surface area contributed by atoms with Gasteiger partial charge in [-0.2, -0.15) is 0 Å². The van der Waals surface area contributed by atoms with Crippen LogP contribution in [-0.4, -0.2) is 66.9 Å². The maximum Gasteiger partial charge on any atom is 0.317 e. The summed E-state index contributed by atoms with van der Waals surface area (Å²) in [6, 6.07) is 2.36. The molecule has 0 radical (unpaired) electrons. The molecular formula is C17H28N4O3. The quantitative estimate of drug-likeness (QED) is 0.822. The number of amides is 2. The minimum atomic E-state index is -0.0693. The highest BCUT2D eigenvalue weighted by Crippen LogP contribution is 2.40. The molecule has 7 heteroatoms. The van der Waals surface area contributed by atoms with Crippen LogP contribution in [0.15, 0.2) is 10.6 Å². The van der Waals surface area contributed by atoms with E-state index in [2.05, 4.69) is 22.3 Å². The third-order valence-corrected chi connectivity index (χ3v) is 4.81. The number of carbonyl (C=O) groups excluding carboxylic acids is 1. The number of rotatable bonds is 7. The molecule has 3 rings (SSSR count). The zero-order valence-electron chi connectivity index (χ0n) is 14.7. The average molecular weight is 336 g/mol. The molecule has 0 unspecified atom stereocenters. The first-order valence-corrected chi connectivity index (χ1v) is 8.89. The molecule has 134 valence electrons. The van der Waals surface area contributed by atoms with E-state index in [-0.39, 0.29) is 6.03 Å². The molecule has 0 spiro atoms. The molecule has 1 aliphatic heterocycles. The van der Waals surface area contributed by atoms with Crippen molar-refractivity contribution in [2.24, 2.45) is 0 Å². The van der Waals surface area contributed by atoms with Crippen molar-refractivity contribution in [3.05, 3.63) is 17.5 Å². The largest absolute Gasteiger partial charge is 0.379 e. The van der Waals surface area contributed by atoms with Crippen LogP contribution in [0.25, 0.3) is 0 Å². The maximum atomic E-state index is 12.2. The molecule has 0 bridgehead atoms. The van der Waals surface area contributed by atoms with Crippen LogP contribution < -0.4 is 5.32 Å². The summed E-state index contributed by atoms with van der Waals surface area (Å²) < 4.78 is 10.7. The predicted octanol–water partition coefficient (Wildman–Crippen LogP) is 1.80. The van der Waals surface area contributed by atoms with Crippen LogP contribution in [0.3, 0.4) is 0 Å². The molecule has 1 aromatic heterocycles. The lowest BCUT2D eigenvalue weighted by Gasteiger charge is -2.32. The van der Waals surface area contributed by atoms with E-state index in [9.17, 15) is 4.79 Å². The summed E-state index contributed by atoms with van der Waals surface area (Å²) >= 11 is 0. The highest BCUT2D eigenvalue weighted by atomic mass is 16.5. The zero-order valence-corrected chi connectivity index (χ0v) is 14.7. The number of carbonyl (C=O) groups is 1. The smallest absolute Gasteiger partial charge is 0.317 e. The van der Waals surface area contributed by atoms with Crippen LogP contribution in [0.4, 0.5) is 4.79 Å². The fraction of sp³-hybridized carbons (Fsp3) is 0.765. The van der Waals surface area contributed by atoms with Crippen molar-refractivity contribution >= 4 is 6.03 Å². The van der Waals surface area contributed by atoms with Gasteiger partial charge < -0.3 is 19.5 Å².